The number of fused-ring (bicyclic) bond motifs is 1. The molecular weight excluding hydrogens is 206 g/mol. The Morgan fingerprint density at radius 3 is 3.07 bits per heavy atom. The van der Waals surface area contributed by atoms with E-state index >= 15 is 0 Å². The molecule has 3 heteroatoms. The summed E-state index contributed by atoms with van der Waals surface area (Å²) in [6, 6.07) is 0. The first-order chi connectivity index (χ1) is 7.27. The standard InChI is InChI=1S/C12H17NOS/c1-3-4-10-8(2)12-9(7-13)14-6-5-11(12)15-10/h3-4,9H,5-7,13H2,1-2H3/b4-3-. The number of allylic oxidation sites excluding steroid dienone is 1. The van der Waals surface area contributed by atoms with Crippen LogP contribution in [0, 0.1) is 6.92 Å². The molecule has 2 nitrogen and oxygen atoms in total. The second-order valence-corrected chi connectivity index (χ2v) is 4.91. The number of nitrogens with two attached hydrogens (primary N) is 1. The third-order valence-corrected chi connectivity index (χ3v) is 4.14. The molecule has 2 rings (SSSR count). The van der Waals surface area contributed by atoms with Crippen molar-refractivity contribution >= 4 is 17.4 Å². The van der Waals surface area contributed by atoms with Gasteiger partial charge in [0.05, 0.1) is 12.7 Å². The van der Waals surface area contributed by atoms with E-state index < -0.39 is 0 Å². The number of hydrogen-bond donors (Lipinski definition) is 1. The Hall–Kier alpha value is -0.640. The van der Waals surface area contributed by atoms with Gasteiger partial charge in [-0.15, -0.1) is 11.3 Å². The minimum absolute atomic E-state index is 0.115. The molecule has 0 saturated heterocycles. The molecule has 82 valence electrons. The quantitative estimate of drug-likeness (QED) is 0.836. The van der Waals surface area contributed by atoms with Gasteiger partial charge in [-0.25, -0.2) is 0 Å². The number of thiophene rings is 1. The van der Waals surface area contributed by atoms with Gasteiger partial charge < -0.3 is 10.5 Å². The summed E-state index contributed by atoms with van der Waals surface area (Å²) in [5, 5.41) is 0. The minimum atomic E-state index is 0.115. The van der Waals surface area contributed by atoms with Crippen molar-refractivity contribution in [3.63, 3.8) is 0 Å². The third-order valence-electron chi connectivity index (χ3n) is 2.81. The van der Waals surface area contributed by atoms with Crippen LogP contribution in [0.15, 0.2) is 6.08 Å². The highest BCUT2D eigenvalue weighted by atomic mass is 32.1. The highest BCUT2D eigenvalue weighted by Gasteiger charge is 2.25. The molecule has 0 fully saturated rings. The molecule has 0 amide bonds. The van der Waals surface area contributed by atoms with Crippen LogP contribution in [0.4, 0.5) is 0 Å². The van der Waals surface area contributed by atoms with Gasteiger partial charge in [-0.1, -0.05) is 6.08 Å². The maximum atomic E-state index is 5.73. The molecule has 1 aromatic rings. The summed E-state index contributed by atoms with van der Waals surface area (Å²) in [7, 11) is 0. The van der Waals surface area contributed by atoms with Crippen LogP contribution in [0.3, 0.4) is 0 Å². The summed E-state index contributed by atoms with van der Waals surface area (Å²) in [6.07, 6.45) is 5.41. The second kappa shape index (κ2) is 4.47. The van der Waals surface area contributed by atoms with Gasteiger partial charge in [0.15, 0.2) is 0 Å². The van der Waals surface area contributed by atoms with E-state index in [9.17, 15) is 0 Å². The van der Waals surface area contributed by atoms with Crippen molar-refractivity contribution < 1.29 is 4.74 Å². The summed E-state index contributed by atoms with van der Waals surface area (Å²) < 4.78 is 5.68. The zero-order valence-corrected chi connectivity index (χ0v) is 10.1. The van der Waals surface area contributed by atoms with E-state index in [4.69, 9.17) is 10.5 Å². The molecule has 0 spiro atoms. The van der Waals surface area contributed by atoms with Crippen LogP contribution in [0.5, 0.6) is 0 Å². The monoisotopic (exact) mass is 223 g/mol. The van der Waals surface area contributed by atoms with Crippen molar-refractivity contribution in [2.24, 2.45) is 5.73 Å². The summed E-state index contributed by atoms with van der Waals surface area (Å²) in [5.74, 6) is 0. The summed E-state index contributed by atoms with van der Waals surface area (Å²) in [6.45, 7) is 5.61. The van der Waals surface area contributed by atoms with Crippen molar-refractivity contribution in [3.8, 4) is 0 Å². The van der Waals surface area contributed by atoms with E-state index in [2.05, 4.69) is 26.0 Å². The highest BCUT2D eigenvalue weighted by molar-refractivity contribution is 7.13. The lowest BCUT2D eigenvalue weighted by atomic mass is 10.0. The van der Waals surface area contributed by atoms with E-state index in [0.717, 1.165) is 13.0 Å². The molecule has 0 aliphatic carbocycles. The summed E-state index contributed by atoms with van der Waals surface area (Å²) >= 11 is 1.88. The molecule has 1 aliphatic rings. The molecular formula is C12H17NOS. The molecule has 1 aromatic heterocycles. The molecule has 1 atom stereocenters. The average Bonchev–Trinajstić information content (AvgIpc) is 2.57. The Labute approximate surface area is 94.7 Å². The molecule has 0 bridgehead atoms. The average molecular weight is 223 g/mol. The van der Waals surface area contributed by atoms with Crippen molar-refractivity contribution in [2.45, 2.75) is 26.4 Å². The summed E-state index contributed by atoms with van der Waals surface area (Å²) in [5.41, 5.74) is 8.43. The van der Waals surface area contributed by atoms with Crippen molar-refractivity contribution in [1.82, 2.24) is 0 Å². The predicted octanol–water partition coefficient (Wildman–Crippen LogP) is 2.66. The van der Waals surface area contributed by atoms with Crippen LogP contribution in [0.2, 0.25) is 0 Å². The molecule has 1 aliphatic heterocycles. The van der Waals surface area contributed by atoms with Gasteiger partial charge in [0, 0.05) is 22.7 Å². The van der Waals surface area contributed by atoms with Crippen molar-refractivity contribution in [3.05, 3.63) is 27.0 Å². The fourth-order valence-electron chi connectivity index (χ4n) is 2.09. The maximum absolute atomic E-state index is 5.73. The zero-order chi connectivity index (χ0) is 10.8. The molecule has 0 radical (unpaired) electrons. The molecule has 1 unspecified atom stereocenters. The molecule has 2 heterocycles. The van der Waals surface area contributed by atoms with Crippen LogP contribution in [-0.2, 0) is 11.2 Å². The smallest absolute Gasteiger partial charge is 0.0960 e. The van der Waals surface area contributed by atoms with E-state index in [1.54, 1.807) is 0 Å². The SMILES string of the molecule is C/C=C\c1sc2c(c1C)C(CN)OCC2. The van der Waals surface area contributed by atoms with E-state index in [-0.39, 0.29) is 6.10 Å². The maximum Gasteiger partial charge on any atom is 0.0960 e. The minimum Gasteiger partial charge on any atom is -0.372 e. The van der Waals surface area contributed by atoms with Crippen molar-refractivity contribution in [1.29, 1.82) is 0 Å². The number of ether oxygens (including phenoxy) is 1. The highest BCUT2D eigenvalue weighted by Crippen LogP contribution is 2.37. The largest absolute Gasteiger partial charge is 0.372 e. The molecule has 0 saturated carbocycles. The van der Waals surface area contributed by atoms with E-state index in [1.807, 2.05) is 11.3 Å². The molecule has 2 N–H and O–H groups in total. The van der Waals surface area contributed by atoms with E-state index in [0.29, 0.717) is 6.54 Å². The van der Waals surface area contributed by atoms with Crippen LogP contribution >= 0.6 is 11.3 Å². The fraction of sp³-hybridized carbons (Fsp3) is 0.500. The van der Waals surface area contributed by atoms with E-state index in [1.165, 1.54) is 20.9 Å². The summed E-state index contributed by atoms with van der Waals surface area (Å²) in [4.78, 5) is 2.81. The Balaban J connectivity index is 2.46. The van der Waals surface area contributed by atoms with Gasteiger partial charge in [0.25, 0.3) is 0 Å². The van der Waals surface area contributed by atoms with Gasteiger partial charge in [-0.05, 0) is 31.1 Å². The first-order valence-corrected chi connectivity index (χ1v) is 6.16. The van der Waals surface area contributed by atoms with Crippen LogP contribution < -0.4 is 5.73 Å². The Morgan fingerprint density at radius 2 is 2.40 bits per heavy atom. The first kappa shape index (κ1) is 10.9. The zero-order valence-electron chi connectivity index (χ0n) is 9.25. The van der Waals surface area contributed by atoms with Crippen LogP contribution in [0.25, 0.3) is 6.08 Å². The number of hydrogen-bond acceptors (Lipinski definition) is 3. The van der Waals surface area contributed by atoms with Gasteiger partial charge in [-0.3, -0.25) is 0 Å². The Kier molecular flexibility index (Phi) is 3.24. The number of rotatable bonds is 2. The van der Waals surface area contributed by atoms with Gasteiger partial charge in [0.1, 0.15) is 0 Å². The Bertz CT molecular complexity index is 381. The van der Waals surface area contributed by atoms with Gasteiger partial charge in [-0.2, -0.15) is 0 Å². The Morgan fingerprint density at radius 1 is 1.60 bits per heavy atom. The van der Waals surface area contributed by atoms with Gasteiger partial charge in [0.2, 0.25) is 0 Å². The lowest BCUT2D eigenvalue weighted by Gasteiger charge is -2.22. The first-order valence-electron chi connectivity index (χ1n) is 5.34. The second-order valence-electron chi connectivity index (χ2n) is 3.77. The lowest BCUT2D eigenvalue weighted by molar-refractivity contribution is 0.0493. The fourth-order valence-corrected chi connectivity index (χ4v) is 3.40. The normalized spacial score (nSPS) is 20.9. The molecule has 15 heavy (non-hydrogen) atoms. The topological polar surface area (TPSA) is 35.2 Å². The van der Waals surface area contributed by atoms with Crippen LogP contribution in [0.1, 0.15) is 33.9 Å². The third kappa shape index (κ3) is 1.87. The predicted molar refractivity (Wildman–Crippen MR) is 65.2 cm³/mol. The van der Waals surface area contributed by atoms with Crippen LogP contribution in [-0.4, -0.2) is 13.2 Å². The lowest BCUT2D eigenvalue weighted by Crippen LogP contribution is -2.22. The van der Waals surface area contributed by atoms with Gasteiger partial charge >= 0.3 is 0 Å². The molecule has 0 aromatic carbocycles. The van der Waals surface area contributed by atoms with Crippen molar-refractivity contribution in [2.75, 3.05) is 13.2 Å².